The fourth-order valence-corrected chi connectivity index (χ4v) is 3.78. The molecule has 26 heavy (non-hydrogen) atoms. The highest BCUT2D eigenvalue weighted by Crippen LogP contribution is 2.39. The molecule has 2 aromatic rings. The SMILES string of the molecule is CNC1C=C(c2ccccc2)c2cc(C(=O)OC)ccc2C1(NC)NC. The van der Waals surface area contributed by atoms with Crippen LogP contribution in [0.25, 0.3) is 5.57 Å². The first kappa shape index (κ1) is 18.3. The summed E-state index contributed by atoms with van der Waals surface area (Å²) in [5.41, 5.74) is 4.34. The summed E-state index contributed by atoms with van der Waals surface area (Å²) in [4.78, 5) is 12.1. The minimum Gasteiger partial charge on any atom is -0.465 e. The molecule has 0 heterocycles. The van der Waals surface area contributed by atoms with Crippen LogP contribution in [0.15, 0.2) is 54.6 Å². The summed E-state index contributed by atoms with van der Waals surface area (Å²) in [5.74, 6) is -0.338. The number of hydrogen-bond acceptors (Lipinski definition) is 5. The number of methoxy groups -OCH3 is 1. The zero-order chi connectivity index (χ0) is 18.7. The van der Waals surface area contributed by atoms with E-state index in [2.05, 4.69) is 34.2 Å². The van der Waals surface area contributed by atoms with Crippen LogP contribution in [0.2, 0.25) is 0 Å². The Kier molecular flexibility index (Phi) is 5.23. The molecule has 3 N–H and O–H groups in total. The van der Waals surface area contributed by atoms with Gasteiger partial charge in [0, 0.05) is 0 Å². The molecular formula is C21H25N3O2. The van der Waals surface area contributed by atoms with Crippen molar-refractivity contribution in [3.8, 4) is 0 Å². The van der Waals surface area contributed by atoms with Gasteiger partial charge in [0.15, 0.2) is 0 Å². The summed E-state index contributed by atoms with van der Waals surface area (Å²) in [6.07, 6.45) is 2.20. The van der Waals surface area contributed by atoms with Crippen molar-refractivity contribution < 1.29 is 9.53 Å². The van der Waals surface area contributed by atoms with E-state index >= 15 is 0 Å². The highest BCUT2D eigenvalue weighted by atomic mass is 16.5. The molecule has 0 bridgehead atoms. The summed E-state index contributed by atoms with van der Waals surface area (Å²) in [6, 6.07) is 15.9. The van der Waals surface area contributed by atoms with E-state index in [1.165, 1.54) is 7.11 Å². The van der Waals surface area contributed by atoms with Crippen LogP contribution in [-0.2, 0) is 10.4 Å². The van der Waals surface area contributed by atoms with Crippen LogP contribution in [0.1, 0.15) is 27.0 Å². The number of carbonyl (C=O) groups excluding carboxylic acids is 1. The quantitative estimate of drug-likeness (QED) is 0.569. The van der Waals surface area contributed by atoms with Crippen LogP contribution in [0.3, 0.4) is 0 Å². The molecule has 0 saturated heterocycles. The lowest BCUT2D eigenvalue weighted by Gasteiger charge is -2.44. The minimum absolute atomic E-state index is 0.0178. The molecule has 0 aromatic heterocycles. The van der Waals surface area contributed by atoms with Gasteiger partial charge in [0.1, 0.15) is 5.66 Å². The number of benzene rings is 2. The van der Waals surface area contributed by atoms with Crippen LogP contribution in [0, 0.1) is 0 Å². The third kappa shape index (κ3) is 2.84. The number of carbonyl (C=O) groups is 1. The van der Waals surface area contributed by atoms with Gasteiger partial charge in [-0.05, 0) is 55.5 Å². The van der Waals surface area contributed by atoms with E-state index in [0.29, 0.717) is 5.56 Å². The van der Waals surface area contributed by atoms with Crippen molar-refractivity contribution in [1.29, 1.82) is 0 Å². The topological polar surface area (TPSA) is 62.4 Å². The third-order valence-corrected chi connectivity index (χ3v) is 5.14. The van der Waals surface area contributed by atoms with E-state index in [1.54, 1.807) is 0 Å². The van der Waals surface area contributed by atoms with E-state index in [4.69, 9.17) is 4.74 Å². The van der Waals surface area contributed by atoms with Gasteiger partial charge in [-0.2, -0.15) is 0 Å². The molecule has 1 aliphatic carbocycles. The van der Waals surface area contributed by atoms with Crippen LogP contribution < -0.4 is 16.0 Å². The molecule has 136 valence electrons. The molecule has 1 aliphatic rings. The molecule has 0 aliphatic heterocycles. The summed E-state index contributed by atoms with van der Waals surface area (Å²) < 4.78 is 4.91. The van der Waals surface area contributed by atoms with Crippen LogP contribution in [0.4, 0.5) is 0 Å². The fraction of sp³-hybridized carbons (Fsp3) is 0.286. The standard InChI is InChI=1S/C21H25N3O2/c1-22-19-13-16(14-8-6-5-7-9-14)17-12-15(20(25)26-4)10-11-18(17)21(19,23-2)24-3/h5-13,19,22-24H,1-4H3. The highest BCUT2D eigenvalue weighted by Gasteiger charge is 2.41. The van der Waals surface area contributed by atoms with Gasteiger partial charge in [-0.1, -0.05) is 42.5 Å². The van der Waals surface area contributed by atoms with Gasteiger partial charge >= 0.3 is 5.97 Å². The molecule has 0 fully saturated rings. The van der Waals surface area contributed by atoms with Crippen LogP contribution in [0.5, 0.6) is 0 Å². The Morgan fingerprint density at radius 3 is 2.31 bits per heavy atom. The lowest BCUT2D eigenvalue weighted by molar-refractivity contribution is 0.0600. The third-order valence-electron chi connectivity index (χ3n) is 5.14. The van der Waals surface area contributed by atoms with Crippen LogP contribution in [-0.4, -0.2) is 40.3 Å². The Morgan fingerprint density at radius 2 is 1.73 bits per heavy atom. The van der Waals surface area contributed by atoms with Crippen molar-refractivity contribution in [3.63, 3.8) is 0 Å². The first-order valence-corrected chi connectivity index (χ1v) is 8.66. The Hall–Kier alpha value is -2.47. The molecular weight excluding hydrogens is 326 g/mol. The fourth-order valence-electron chi connectivity index (χ4n) is 3.78. The Balaban J connectivity index is 2.28. The molecule has 1 unspecified atom stereocenters. The highest BCUT2D eigenvalue weighted by molar-refractivity contribution is 5.93. The molecule has 0 spiro atoms. The van der Waals surface area contributed by atoms with E-state index < -0.39 is 5.66 Å². The normalized spacial score (nSPS) is 18.0. The molecule has 5 nitrogen and oxygen atoms in total. The predicted molar refractivity (Wildman–Crippen MR) is 104 cm³/mol. The zero-order valence-corrected chi connectivity index (χ0v) is 15.6. The smallest absolute Gasteiger partial charge is 0.337 e. The lowest BCUT2D eigenvalue weighted by atomic mass is 9.77. The van der Waals surface area contributed by atoms with Crippen molar-refractivity contribution in [3.05, 3.63) is 76.9 Å². The monoisotopic (exact) mass is 351 g/mol. The maximum atomic E-state index is 12.1. The molecule has 3 rings (SSSR count). The van der Waals surface area contributed by atoms with Gasteiger partial charge in [-0.3, -0.25) is 10.6 Å². The van der Waals surface area contributed by atoms with Gasteiger partial charge < -0.3 is 10.1 Å². The van der Waals surface area contributed by atoms with Gasteiger partial charge in [0.25, 0.3) is 0 Å². The second-order valence-corrected chi connectivity index (χ2v) is 6.27. The Morgan fingerprint density at radius 1 is 1.04 bits per heavy atom. The summed E-state index contributed by atoms with van der Waals surface area (Å²) in [7, 11) is 7.21. The average molecular weight is 351 g/mol. The van der Waals surface area contributed by atoms with E-state index in [-0.39, 0.29) is 12.0 Å². The van der Waals surface area contributed by atoms with Crippen molar-refractivity contribution >= 4 is 11.5 Å². The predicted octanol–water partition coefficient (Wildman–Crippen LogP) is 2.10. The Bertz CT molecular complexity index is 826. The molecule has 0 amide bonds. The molecule has 0 radical (unpaired) electrons. The average Bonchev–Trinajstić information content (AvgIpc) is 2.72. The molecule has 1 atom stereocenters. The van der Waals surface area contributed by atoms with Gasteiger partial charge in [0.2, 0.25) is 0 Å². The largest absolute Gasteiger partial charge is 0.465 e. The number of likely N-dealkylation sites (N-methyl/N-ethyl adjacent to an activating group) is 3. The second kappa shape index (κ2) is 7.41. The number of hydrogen-bond donors (Lipinski definition) is 3. The Labute approximate surface area is 154 Å². The van der Waals surface area contributed by atoms with Gasteiger partial charge in [-0.15, -0.1) is 0 Å². The first-order chi connectivity index (χ1) is 12.6. The number of fused-ring (bicyclic) bond motifs is 1. The first-order valence-electron chi connectivity index (χ1n) is 8.66. The second-order valence-electron chi connectivity index (χ2n) is 6.27. The van der Waals surface area contributed by atoms with E-state index in [9.17, 15) is 4.79 Å². The zero-order valence-electron chi connectivity index (χ0n) is 15.6. The number of nitrogens with one attached hydrogen (secondary N) is 3. The van der Waals surface area contributed by atoms with Crippen molar-refractivity contribution in [2.24, 2.45) is 0 Å². The number of ether oxygens (including phenoxy) is 1. The minimum atomic E-state index is -0.489. The maximum absolute atomic E-state index is 12.1. The van der Waals surface area contributed by atoms with Crippen molar-refractivity contribution in [1.82, 2.24) is 16.0 Å². The van der Waals surface area contributed by atoms with Gasteiger partial charge in [-0.25, -0.2) is 4.79 Å². The summed E-state index contributed by atoms with van der Waals surface area (Å²) in [5, 5.41) is 10.2. The summed E-state index contributed by atoms with van der Waals surface area (Å²) in [6.45, 7) is 0. The molecule has 0 saturated carbocycles. The van der Waals surface area contributed by atoms with E-state index in [0.717, 1.165) is 22.3 Å². The number of rotatable bonds is 5. The summed E-state index contributed by atoms with van der Waals surface area (Å²) >= 11 is 0. The molecule has 5 heteroatoms. The number of esters is 1. The van der Waals surface area contributed by atoms with Crippen LogP contribution >= 0.6 is 0 Å². The van der Waals surface area contributed by atoms with E-state index in [1.807, 2.05) is 57.5 Å². The molecule has 2 aromatic carbocycles. The van der Waals surface area contributed by atoms with Gasteiger partial charge in [0.05, 0.1) is 18.7 Å². The van der Waals surface area contributed by atoms with Crippen molar-refractivity contribution in [2.45, 2.75) is 11.7 Å². The lowest BCUT2D eigenvalue weighted by Crippen LogP contribution is -2.63. The maximum Gasteiger partial charge on any atom is 0.337 e. The van der Waals surface area contributed by atoms with Crippen molar-refractivity contribution in [2.75, 3.05) is 28.3 Å².